The molecule has 0 aliphatic carbocycles. The minimum absolute atomic E-state index is 0.0647. The van der Waals surface area contributed by atoms with E-state index in [-0.39, 0.29) is 40.6 Å². The second-order valence-corrected chi connectivity index (χ2v) is 6.60. The van der Waals surface area contributed by atoms with Crippen molar-refractivity contribution >= 4 is 64.0 Å². The molecule has 0 amide bonds. The number of hydrogen-bond acceptors (Lipinski definition) is 5. The zero-order chi connectivity index (χ0) is 16.2. The van der Waals surface area contributed by atoms with Gasteiger partial charge in [0.2, 0.25) is 9.67 Å². The summed E-state index contributed by atoms with van der Waals surface area (Å²) in [7, 11) is 1.33. The van der Waals surface area contributed by atoms with Gasteiger partial charge in [-0.25, -0.2) is 9.78 Å². The number of hydrogen-bond donors (Lipinski definition) is 0. The van der Waals surface area contributed by atoms with Crippen molar-refractivity contribution in [2.45, 2.75) is 10.7 Å². The van der Waals surface area contributed by atoms with Gasteiger partial charge in [-0.05, 0) is 6.92 Å². The number of aromatic nitrogens is 1. The zero-order valence-electron chi connectivity index (χ0n) is 10.9. The molecule has 0 N–H and O–H groups in total. The van der Waals surface area contributed by atoms with Gasteiger partial charge in [-0.3, -0.25) is 0 Å². The van der Waals surface area contributed by atoms with Crippen molar-refractivity contribution in [1.82, 2.24) is 4.98 Å². The van der Waals surface area contributed by atoms with Crippen molar-refractivity contribution in [3.8, 4) is 11.6 Å². The lowest BCUT2D eigenvalue weighted by Crippen LogP contribution is -2.16. The molecule has 21 heavy (non-hydrogen) atoms. The van der Waals surface area contributed by atoms with Crippen LogP contribution in [0.25, 0.3) is 0 Å². The maximum Gasteiger partial charge on any atom is 0.337 e. The molecule has 0 fully saturated rings. The number of ether oxygens (including phenoxy) is 3. The van der Waals surface area contributed by atoms with Crippen molar-refractivity contribution in [3.05, 3.63) is 15.7 Å². The SMILES string of the molecule is CCOc1nc(C(Cl)(Cl)Cl)c(Cl)c(OC(=O)COC)c1Cl. The fraction of sp³-hybridized carbons (Fsp3) is 0.455. The molecular formula is C11H10Cl5NO4. The molecule has 0 aliphatic heterocycles. The smallest absolute Gasteiger partial charge is 0.337 e. The van der Waals surface area contributed by atoms with E-state index in [0.717, 1.165) is 0 Å². The Bertz CT molecular complexity index is 532. The van der Waals surface area contributed by atoms with Crippen molar-refractivity contribution in [3.63, 3.8) is 0 Å². The number of esters is 1. The molecule has 0 unspecified atom stereocenters. The predicted molar refractivity (Wildman–Crippen MR) is 82.2 cm³/mol. The summed E-state index contributed by atoms with van der Waals surface area (Å²) in [5.41, 5.74) is -0.165. The Morgan fingerprint density at radius 3 is 2.33 bits per heavy atom. The molecule has 5 nitrogen and oxygen atoms in total. The van der Waals surface area contributed by atoms with E-state index in [9.17, 15) is 4.79 Å². The van der Waals surface area contributed by atoms with Crippen molar-refractivity contribution in [1.29, 1.82) is 0 Å². The van der Waals surface area contributed by atoms with Gasteiger partial charge in [0.05, 0.1) is 6.61 Å². The van der Waals surface area contributed by atoms with Gasteiger partial charge in [0.1, 0.15) is 22.3 Å². The molecule has 0 spiro atoms. The van der Waals surface area contributed by atoms with Gasteiger partial charge in [-0.1, -0.05) is 58.0 Å². The molecule has 1 heterocycles. The number of methoxy groups -OCH3 is 1. The molecule has 10 heteroatoms. The Kier molecular flexibility index (Phi) is 7.10. The molecule has 0 saturated carbocycles. The van der Waals surface area contributed by atoms with Crippen LogP contribution in [-0.4, -0.2) is 31.3 Å². The lowest BCUT2D eigenvalue weighted by molar-refractivity contribution is -0.138. The van der Waals surface area contributed by atoms with E-state index in [2.05, 4.69) is 9.72 Å². The highest BCUT2D eigenvalue weighted by molar-refractivity contribution is 6.67. The zero-order valence-corrected chi connectivity index (χ0v) is 14.7. The lowest BCUT2D eigenvalue weighted by Gasteiger charge is -2.18. The maximum absolute atomic E-state index is 11.5. The number of nitrogens with zero attached hydrogens (tertiary/aromatic N) is 1. The first kappa shape index (κ1) is 18.9. The minimum Gasteiger partial charge on any atom is -0.477 e. The van der Waals surface area contributed by atoms with E-state index in [1.54, 1.807) is 6.92 Å². The first-order valence-corrected chi connectivity index (χ1v) is 7.39. The van der Waals surface area contributed by atoms with Crippen LogP contribution in [0.2, 0.25) is 10.0 Å². The number of alkyl halides is 3. The fourth-order valence-corrected chi connectivity index (χ4v) is 2.42. The molecular weight excluding hydrogens is 387 g/mol. The summed E-state index contributed by atoms with van der Waals surface area (Å²) in [4.78, 5) is 15.5. The van der Waals surface area contributed by atoms with E-state index in [1.165, 1.54) is 7.11 Å². The molecule has 1 aromatic heterocycles. The highest BCUT2D eigenvalue weighted by atomic mass is 35.6. The van der Waals surface area contributed by atoms with Crippen molar-refractivity contribution in [2.75, 3.05) is 20.3 Å². The van der Waals surface area contributed by atoms with Crippen LogP contribution in [0.15, 0.2) is 0 Å². The molecule has 0 bridgehead atoms. The van der Waals surface area contributed by atoms with Gasteiger partial charge in [0.25, 0.3) is 0 Å². The van der Waals surface area contributed by atoms with E-state index in [0.29, 0.717) is 0 Å². The third-order valence-electron chi connectivity index (χ3n) is 2.04. The second kappa shape index (κ2) is 7.90. The van der Waals surface area contributed by atoms with Gasteiger partial charge < -0.3 is 14.2 Å². The quantitative estimate of drug-likeness (QED) is 0.551. The van der Waals surface area contributed by atoms with E-state index < -0.39 is 9.76 Å². The Morgan fingerprint density at radius 2 is 1.86 bits per heavy atom. The summed E-state index contributed by atoms with van der Waals surface area (Å²) in [5, 5.41) is -0.308. The monoisotopic (exact) mass is 395 g/mol. The second-order valence-electron chi connectivity index (χ2n) is 3.56. The highest BCUT2D eigenvalue weighted by Gasteiger charge is 2.33. The Hall–Kier alpha value is -0.170. The standard InChI is InChI=1S/C11H10Cl5NO4/c1-3-20-10-7(13)8(21-5(18)4-19-2)6(12)9(17-10)11(14,15)16/h3-4H2,1-2H3. The summed E-state index contributed by atoms with van der Waals surface area (Å²) in [6.07, 6.45) is 0. The van der Waals surface area contributed by atoms with Gasteiger partial charge >= 0.3 is 5.97 Å². The van der Waals surface area contributed by atoms with Crippen LogP contribution in [0.4, 0.5) is 0 Å². The molecule has 0 aliphatic rings. The van der Waals surface area contributed by atoms with E-state index >= 15 is 0 Å². The fourth-order valence-electron chi connectivity index (χ4n) is 1.27. The first-order valence-electron chi connectivity index (χ1n) is 5.50. The highest BCUT2D eigenvalue weighted by Crippen LogP contribution is 2.48. The summed E-state index contributed by atoms with van der Waals surface area (Å²) >= 11 is 29.4. The molecule has 1 rings (SSSR count). The molecule has 0 radical (unpaired) electrons. The average Bonchev–Trinajstić information content (AvgIpc) is 2.37. The Labute approximate surface area is 146 Å². The topological polar surface area (TPSA) is 57.7 Å². The lowest BCUT2D eigenvalue weighted by atomic mass is 10.3. The average molecular weight is 397 g/mol. The summed E-state index contributed by atoms with van der Waals surface area (Å²) < 4.78 is 12.9. The van der Waals surface area contributed by atoms with Crippen molar-refractivity contribution in [2.24, 2.45) is 0 Å². The van der Waals surface area contributed by atoms with Gasteiger partial charge in [-0.2, -0.15) is 0 Å². The maximum atomic E-state index is 11.5. The molecule has 118 valence electrons. The van der Waals surface area contributed by atoms with Crippen LogP contribution >= 0.6 is 58.0 Å². The summed E-state index contributed by atoms with van der Waals surface area (Å²) in [6, 6.07) is 0. The Balaban J connectivity index is 3.38. The molecule has 0 aromatic carbocycles. The number of carbonyl (C=O) groups excluding carboxylic acids is 1. The predicted octanol–water partition coefficient (Wildman–Crippen LogP) is 4.17. The van der Waals surface area contributed by atoms with Gasteiger partial charge in [0, 0.05) is 7.11 Å². The Morgan fingerprint density at radius 1 is 1.24 bits per heavy atom. The minimum atomic E-state index is -1.95. The summed E-state index contributed by atoms with van der Waals surface area (Å²) in [6.45, 7) is 1.65. The van der Waals surface area contributed by atoms with Gasteiger partial charge in [-0.15, -0.1) is 0 Å². The first-order chi connectivity index (χ1) is 9.72. The van der Waals surface area contributed by atoms with Crippen LogP contribution < -0.4 is 9.47 Å². The van der Waals surface area contributed by atoms with Crippen LogP contribution in [0.3, 0.4) is 0 Å². The van der Waals surface area contributed by atoms with Crippen LogP contribution in [-0.2, 0) is 13.3 Å². The number of pyridine rings is 1. The number of rotatable bonds is 5. The number of halogens is 5. The van der Waals surface area contributed by atoms with Gasteiger partial charge in [0.15, 0.2) is 5.75 Å². The molecule has 1 aromatic rings. The largest absolute Gasteiger partial charge is 0.477 e. The third kappa shape index (κ3) is 4.91. The third-order valence-corrected chi connectivity index (χ3v) is 3.26. The molecule has 0 atom stereocenters. The molecule has 0 saturated heterocycles. The van der Waals surface area contributed by atoms with Crippen LogP contribution in [0, 0.1) is 0 Å². The van der Waals surface area contributed by atoms with E-state index in [4.69, 9.17) is 67.5 Å². The van der Waals surface area contributed by atoms with E-state index in [1.807, 2.05) is 0 Å². The van der Waals surface area contributed by atoms with Crippen LogP contribution in [0.5, 0.6) is 11.6 Å². The number of carbonyl (C=O) groups is 1. The summed E-state index contributed by atoms with van der Waals surface area (Å²) in [5.74, 6) is -1.00. The van der Waals surface area contributed by atoms with Crippen molar-refractivity contribution < 1.29 is 19.0 Å². The normalized spacial score (nSPS) is 11.4. The van der Waals surface area contributed by atoms with Crippen LogP contribution in [0.1, 0.15) is 12.6 Å².